The van der Waals surface area contributed by atoms with Crippen LogP contribution in [-0.2, 0) is 9.59 Å². The summed E-state index contributed by atoms with van der Waals surface area (Å²) in [5.41, 5.74) is 3.55. The maximum Gasteiger partial charge on any atom is 0.262 e. The number of rotatable bonds is 5. The third-order valence-electron chi connectivity index (χ3n) is 4.45. The van der Waals surface area contributed by atoms with Gasteiger partial charge in [0.15, 0.2) is 6.61 Å². The van der Waals surface area contributed by atoms with E-state index in [4.69, 9.17) is 27.9 Å². The van der Waals surface area contributed by atoms with Gasteiger partial charge in [-0.25, -0.2) is 0 Å². The lowest BCUT2D eigenvalue weighted by Crippen LogP contribution is -2.20. The maximum absolute atomic E-state index is 12.3. The number of fused-ring (bicyclic) bond motifs is 1. The number of ether oxygens (including phenoxy) is 1. The summed E-state index contributed by atoms with van der Waals surface area (Å²) in [6, 6.07) is 19.3. The normalized spacial score (nSPS) is 13.7. The molecule has 0 saturated heterocycles. The van der Waals surface area contributed by atoms with Crippen LogP contribution in [0.3, 0.4) is 0 Å². The highest BCUT2D eigenvalue weighted by Gasteiger charge is 2.24. The van der Waals surface area contributed by atoms with Crippen molar-refractivity contribution in [3.05, 3.63) is 87.9 Å². The molecule has 30 heavy (non-hydrogen) atoms. The van der Waals surface area contributed by atoms with Crippen molar-refractivity contribution < 1.29 is 14.3 Å². The molecule has 2 N–H and O–H groups in total. The predicted octanol–water partition coefficient (Wildman–Crippen LogP) is 5.50. The van der Waals surface area contributed by atoms with E-state index >= 15 is 0 Å². The summed E-state index contributed by atoms with van der Waals surface area (Å²) >= 11 is 11.8. The van der Waals surface area contributed by atoms with E-state index in [1.54, 1.807) is 54.6 Å². The molecule has 0 bridgehead atoms. The molecule has 0 fully saturated rings. The number of amides is 2. The lowest BCUT2D eigenvalue weighted by molar-refractivity contribution is -0.118. The van der Waals surface area contributed by atoms with E-state index in [2.05, 4.69) is 10.6 Å². The van der Waals surface area contributed by atoms with E-state index < -0.39 is 0 Å². The van der Waals surface area contributed by atoms with E-state index in [0.717, 1.165) is 11.1 Å². The van der Waals surface area contributed by atoms with Gasteiger partial charge in [0, 0.05) is 26.9 Å². The van der Waals surface area contributed by atoms with E-state index in [1.807, 2.05) is 18.2 Å². The SMILES string of the molecule is O=C(COc1ccc(/C=C2\C(=O)Nc3cc(Cl)ccc32)cc1)Nc1ccc(Cl)cc1. The van der Waals surface area contributed by atoms with Crippen LogP contribution >= 0.6 is 23.2 Å². The fourth-order valence-corrected chi connectivity index (χ4v) is 3.31. The maximum atomic E-state index is 12.3. The number of hydrogen-bond acceptors (Lipinski definition) is 3. The third-order valence-corrected chi connectivity index (χ3v) is 4.94. The zero-order chi connectivity index (χ0) is 21.1. The van der Waals surface area contributed by atoms with Crippen molar-refractivity contribution in [1.29, 1.82) is 0 Å². The molecule has 150 valence electrons. The summed E-state index contributed by atoms with van der Waals surface area (Å²) in [5, 5.41) is 6.70. The molecule has 3 aromatic rings. The zero-order valence-electron chi connectivity index (χ0n) is 15.6. The van der Waals surface area contributed by atoms with Crippen molar-refractivity contribution >= 4 is 58.0 Å². The molecule has 5 nitrogen and oxygen atoms in total. The van der Waals surface area contributed by atoms with E-state index in [0.29, 0.717) is 32.7 Å². The average molecular weight is 439 g/mol. The van der Waals surface area contributed by atoms with Gasteiger partial charge in [-0.1, -0.05) is 41.4 Å². The Bertz CT molecular complexity index is 1140. The molecular formula is C23H16Cl2N2O3. The van der Waals surface area contributed by atoms with Crippen molar-refractivity contribution in [2.45, 2.75) is 0 Å². The number of carbonyl (C=O) groups is 2. The number of carbonyl (C=O) groups excluding carboxylic acids is 2. The quantitative estimate of drug-likeness (QED) is 0.516. The van der Waals surface area contributed by atoms with Crippen LogP contribution in [0.15, 0.2) is 66.7 Å². The molecule has 1 aliphatic heterocycles. The molecule has 0 spiro atoms. The lowest BCUT2D eigenvalue weighted by Gasteiger charge is -2.08. The van der Waals surface area contributed by atoms with Crippen molar-refractivity contribution in [3.63, 3.8) is 0 Å². The fraction of sp³-hybridized carbons (Fsp3) is 0.0435. The number of benzene rings is 3. The standard InChI is InChI=1S/C23H16Cl2N2O3/c24-15-3-6-17(7-4-15)26-22(28)13-30-18-8-1-14(2-9-18)11-20-19-10-5-16(25)12-21(19)27-23(20)29/h1-12H,13H2,(H,26,28)(H,27,29)/b20-11-. The first kappa shape index (κ1) is 20.0. The minimum Gasteiger partial charge on any atom is -0.484 e. The molecule has 4 rings (SSSR count). The van der Waals surface area contributed by atoms with Gasteiger partial charge in [0.2, 0.25) is 0 Å². The number of nitrogens with one attached hydrogen (secondary N) is 2. The van der Waals surface area contributed by atoms with Crippen LogP contribution in [0.25, 0.3) is 11.6 Å². The molecule has 7 heteroatoms. The molecule has 1 aliphatic rings. The zero-order valence-corrected chi connectivity index (χ0v) is 17.1. The fourth-order valence-electron chi connectivity index (χ4n) is 3.02. The summed E-state index contributed by atoms with van der Waals surface area (Å²) in [4.78, 5) is 24.3. The van der Waals surface area contributed by atoms with E-state index in [-0.39, 0.29) is 18.4 Å². The number of hydrogen-bond donors (Lipinski definition) is 2. The second-order valence-corrected chi connectivity index (χ2v) is 7.49. The molecule has 2 amide bonds. The van der Waals surface area contributed by atoms with Gasteiger partial charge >= 0.3 is 0 Å². The van der Waals surface area contributed by atoms with Gasteiger partial charge in [0.25, 0.3) is 11.8 Å². The van der Waals surface area contributed by atoms with E-state index in [1.165, 1.54) is 0 Å². The first-order valence-electron chi connectivity index (χ1n) is 9.09. The van der Waals surface area contributed by atoms with Crippen LogP contribution in [0.4, 0.5) is 11.4 Å². The molecule has 0 unspecified atom stereocenters. The van der Waals surface area contributed by atoms with Gasteiger partial charge < -0.3 is 15.4 Å². The molecule has 0 atom stereocenters. The number of halogens is 2. The molecule has 0 aliphatic carbocycles. The van der Waals surface area contributed by atoms with Crippen LogP contribution < -0.4 is 15.4 Å². The summed E-state index contributed by atoms with van der Waals surface area (Å²) in [7, 11) is 0. The summed E-state index contributed by atoms with van der Waals surface area (Å²) in [6.07, 6.45) is 1.80. The summed E-state index contributed by atoms with van der Waals surface area (Å²) < 4.78 is 5.53. The van der Waals surface area contributed by atoms with E-state index in [9.17, 15) is 9.59 Å². The second kappa shape index (κ2) is 8.61. The Morgan fingerprint density at radius 2 is 1.67 bits per heavy atom. The van der Waals surface area contributed by atoms with Gasteiger partial charge in [0.05, 0.1) is 5.69 Å². The minimum absolute atomic E-state index is 0.125. The first-order chi connectivity index (χ1) is 14.5. The van der Waals surface area contributed by atoms with Crippen LogP contribution in [0.5, 0.6) is 5.75 Å². The average Bonchev–Trinajstić information content (AvgIpc) is 3.03. The largest absolute Gasteiger partial charge is 0.484 e. The number of anilines is 2. The van der Waals surface area contributed by atoms with Crippen molar-refractivity contribution in [1.82, 2.24) is 0 Å². The summed E-state index contributed by atoms with van der Waals surface area (Å²) in [5.74, 6) is 0.0966. The van der Waals surface area contributed by atoms with Gasteiger partial charge in [-0.2, -0.15) is 0 Å². The Morgan fingerprint density at radius 3 is 2.40 bits per heavy atom. The van der Waals surface area contributed by atoms with Gasteiger partial charge in [-0.15, -0.1) is 0 Å². The Kier molecular flexibility index (Phi) is 5.74. The molecule has 1 heterocycles. The summed E-state index contributed by atoms with van der Waals surface area (Å²) in [6.45, 7) is -0.125. The van der Waals surface area contributed by atoms with Crippen LogP contribution in [0, 0.1) is 0 Å². The van der Waals surface area contributed by atoms with Crippen molar-refractivity contribution in [3.8, 4) is 5.75 Å². The molecule has 0 saturated carbocycles. The minimum atomic E-state index is -0.276. The van der Waals surface area contributed by atoms with Crippen molar-refractivity contribution in [2.75, 3.05) is 17.2 Å². The molecule has 0 aromatic heterocycles. The Balaban J connectivity index is 1.39. The van der Waals surface area contributed by atoms with Crippen LogP contribution in [0.1, 0.15) is 11.1 Å². The molecule has 0 radical (unpaired) electrons. The highest BCUT2D eigenvalue weighted by Crippen LogP contribution is 2.35. The monoisotopic (exact) mass is 438 g/mol. The second-order valence-electron chi connectivity index (χ2n) is 6.61. The third kappa shape index (κ3) is 4.64. The Labute approximate surface area is 183 Å². The highest BCUT2D eigenvalue weighted by molar-refractivity contribution is 6.36. The van der Waals surface area contributed by atoms with Gasteiger partial charge in [-0.05, 0) is 60.2 Å². The van der Waals surface area contributed by atoms with Crippen LogP contribution in [0.2, 0.25) is 10.0 Å². The smallest absolute Gasteiger partial charge is 0.262 e. The lowest BCUT2D eigenvalue weighted by atomic mass is 10.0. The predicted molar refractivity (Wildman–Crippen MR) is 120 cm³/mol. The van der Waals surface area contributed by atoms with Gasteiger partial charge in [0.1, 0.15) is 5.75 Å². The highest BCUT2D eigenvalue weighted by atomic mass is 35.5. The van der Waals surface area contributed by atoms with Crippen LogP contribution in [-0.4, -0.2) is 18.4 Å². The van der Waals surface area contributed by atoms with Crippen molar-refractivity contribution in [2.24, 2.45) is 0 Å². The van der Waals surface area contributed by atoms with Gasteiger partial charge in [-0.3, -0.25) is 9.59 Å². The molecular weight excluding hydrogens is 423 g/mol. The Hall–Kier alpha value is -3.28. The Morgan fingerprint density at radius 1 is 0.967 bits per heavy atom. The molecule has 3 aromatic carbocycles. The topological polar surface area (TPSA) is 67.4 Å². The first-order valence-corrected chi connectivity index (χ1v) is 9.85.